The number of hydrogen-bond donors (Lipinski definition) is 1. The van der Waals surface area contributed by atoms with E-state index in [1.807, 2.05) is 0 Å². The van der Waals surface area contributed by atoms with Gasteiger partial charge in [-0.1, -0.05) is 12.1 Å². The predicted octanol–water partition coefficient (Wildman–Crippen LogP) is 4.85. The molecule has 8 nitrogen and oxygen atoms in total. The standard InChI is InChI=1S/C23H17F3N4O4/c24-23(25,26)16-4-1-3-14-11-17(34-19(14)16)21(31)29-20-15(22(32)33-12-13-5-6-13)7-8-18(28-20)30-10-2-9-27-30/h1-4,7-11,13H,5-6,12H2,(H,28,29,31). The van der Waals surface area contributed by atoms with Crippen LogP contribution >= 0.6 is 0 Å². The minimum Gasteiger partial charge on any atom is -0.462 e. The highest BCUT2D eigenvalue weighted by Gasteiger charge is 2.34. The molecule has 1 aliphatic rings. The number of amides is 1. The highest BCUT2D eigenvalue weighted by molar-refractivity contribution is 6.07. The van der Waals surface area contributed by atoms with E-state index in [1.54, 1.807) is 12.3 Å². The van der Waals surface area contributed by atoms with Gasteiger partial charge in [0, 0.05) is 17.8 Å². The van der Waals surface area contributed by atoms with Gasteiger partial charge in [0.1, 0.15) is 17.0 Å². The monoisotopic (exact) mass is 470 g/mol. The summed E-state index contributed by atoms with van der Waals surface area (Å²) in [5.41, 5.74) is -1.45. The average molecular weight is 470 g/mol. The van der Waals surface area contributed by atoms with Crippen LogP contribution in [0.1, 0.15) is 39.3 Å². The van der Waals surface area contributed by atoms with Crippen LogP contribution in [0.3, 0.4) is 0 Å². The SMILES string of the molecule is O=C(Nc1nc(-n2cccn2)ccc1C(=O)OCC1CC1)c1cc2cccc(C(F)(F)F)c2o1. The summed E-state index contributed by atoms with van der Waals surface area (Å²) >= 11 is 0. The zero-order valence-corrected chi connectivity index (χ0v) is 17.5. The Labute approximate surface area is 190 Å². The predicted molar refractivity (Wildman–Crippen MR) is 114 cm³/mol. The minimum atomic E-state index is -4.65. The van der Waals surface area contributed by atoms with E-state index in [-0.39, 0.29) is 29.1 Å². The fourth-order valence-corrected chi connectivity index (χ4v) is 3.36. The number of nitrogens with one attached hydrogen (secondary N) is 1. The summed E-state index contributed by atoms with van der Waals surface area (Å²) in [5.74, 6) is -1.40. The number of hydrogen-bond acceptors (Lipinski definition) is 6. The number of para-hydroxylation sites is 1. The highest BCUT2D eigenvalue weighted by Crippen LogP contribution is 2.36. The molecule has 5 rings (SSSR count). The molecule has 0 bridgehead atoms. The molecular weight excluding hydrogens is 453 g/mol. The highest BCUT2D eigenvalue weighted by atomic mass is 19.4. The topological polar surface area (TPSA) is 99.2 Å². The number of aromatic nitrogens is 3. The summed E-state index contributed by atoms with van der Waals surface area (Å²) < 4.78 is 51.9. The van der Waals surface area contributed by atoms with Crippen molar-refractivity contribution in [3.05, 3.63) is 71.7 Å². The molecule has 3 aromatic heterocycles. The van der Waals surface area contributed by atoms with Crippen LogP contribution in [0, 0.1) is 5.92 Å². The third-order valence-electron chi connectivity index (χ3n) is 5.29. The zero-order valence-electron chi connectivity index (χ0n) is 17.5. The molecule has 1 aromatic carbocycles. The number of nitrogens with zero attached hydrogens (tertiary/aromatic N) is 3. The van der Waals surface area contributed by atoms with Gasteiger partial charge in [-0.3, -0.25) is 4.79 Å². The summed E-state index contributed by atoms with van der Waals surface area (Å²) in [6.07, 6.45) is 0.475. The molecule has 1 amide bonds. The number of fused-ring (bicyclic) bond motifs is 1. The van der Waals surface area contributed by atoms with E-state index in [4.69, 9.17) is 9.15 Å². The van der Waals surface area contributed by atoms with Gasteiger partial charge in [0.15, 0.2) is 11.6 Å². The quantitative estimate of drug-likeness (QED) is 0.405. The normalized spacial score (nSPS) is 13.7. The van der Waals surface area contributed by atoms with Crippen LogP contribution in [-0.2, 0) is 10.9 Å². The van der Waals surface area contributed by atoms with Gasteiger partial charge in [-0.25, -0.2) is 14.5 Å². The number of carbonyl (C=O) groups excluding carboxylic acids is 2. The molecule has 11 heteroatoms. The number of pyridine rings is 1. The molecule has 1 fully saturated rings. The van der Waals surface area contributed by atoms with Gasteiger partial charge in [-0.2, -0.15) is 18.3 Å². The summed E-state index contributed by atoms with van der Waals surface area (Å²) in [7, 11) is 0. The number of rotatable bonds is 6. The van der Waals surface area contributed by atoms with Gasteiger partial charge in [0.2, 0.25) is 0 Å². The van der Waals surface area contributed by atoms with Gasteiger partial charge in [-0.05, 0) is 49.1 Å². The zero-order chi connectivity index (χ0) is 23.9. The van der Waals surface area contributed by atoms with Crippen LogP contribution in [-0.4, -0.2) is 33.2 Å². The fourth-order valence-electron chi connectivity index (χ4n) is 3.36. The van der Waals surface area contributed by atoms with E-state index < -0.39 is 29.2 Å². The van der Waals surface area contributed by atoms with Crippen LogP contribution in [0.4, 0.5) is 19.0 Å². The Hall–Kier alpha value is -4.15. The lowest BCUT2D eigenvalue weighted by atomic mass is 10.1. The maximum absolute atomic E-state index is 13.3. The lowest BCUT2D eigenvalue weighted by molar-refractivity contribution is -0.136. The molecule has 174 valence electrons. The van der Waals surface area contributed by atoms with E-state index in [1.165, 1.54) is 41.2 Å². The van der Waals surface area contributed by atoms with Crippen molar-refractivity contribution in [2.24, 2.45) is 5.92 Å². The number of carbonyl (C=O) groups is 2. The lowest BCUT2D eigenvalue weighted by Crippen LogP contribution is -2.18. The molecule has 3 heterocycles. The molecular formula is C23H17F3N4O4. The van der Waals surface area contributed by atoms with Gasteiger partial charge < -0.3 is 14.5 Å². The number of ether oxygens (including phenoxy) is 1. The molecule has 4 aromatic rings. The van der Waals surface area contributed by atoms with Crippen molar-refractivity contribution >= 4 is 28.7 Å². The molecule has 0 saturated heterocycles. The van der Waals surface area contributed by atoms with Crippen LogP contribution in [0.15, 0.2) is 59.3 Å². The molecule has 0 aliphatic heterocycles. The molecule has 0 atom stereocenters. The van der Waals surface area contributed by atoms with Gasteiger partial charge in [0.25, 0.3) is 5.91 Å². The Balaban J connectivity index is 1.47. The summed E-state index contributed by atoms with van der Waals surface area (Å²) in [5, 5.41) is 6.65. The molecule has 1 aliphatic carbocycles. The van der Waals surface area contributed by atoms with Crippen molar-refractivity contribution in [3.63, 3.8) is 0 Å². The minimum absolute atomic E-state index is 0.00278. The van der Waals surface area contributed by atoms with E-state index in [0.717, 1.165) is 18.9 Å². The number of benzene rings is 1. The van der Waals surface area contributed by atoms with Crippen LogP contribution < -0.4 is 5.32 Å². The fraction of sp³-hybridized carbons (Fsp3) is 0.217. The Kier molecular flexibility index (Phi) is 5.31. The summed E-state index contributed by atoms with van der Waals surface area (Å²) in [4.78, 5) is 29.8. The Bertz CT molecular complexity index is 1370. The van der Waals surface area contributed by atoms with Crippen LogP contribution in [0.2, 0.25) is 0 Å². The van der Waals surface area contributed by atoms with Crippen LogP contribution in [0.25, 0.3) is 16.8 Å². The Morgan fingerprint density at radius 3 is 2.71 bits per heavy atom. The number of alkyl halides is 3. The van der Waals surface area contributed by atoms with Gasteiger partial charge in [0.05, 0.1) is 12.2 Å². The average Bonchev–Trinajstić information content (AvgIpc) is 3.28. The lowest BCUT2D eigenvalue weighted by Gasteiger charge is -2.11. The Morgan fingerprint density at radius 2 is 2.00 bits per heavy atom. The first kappa shape index (κ1) is 21.7. The van der Waals surface area contributed by atoms with E-state index in [0.29, 0.717) is 11.7 Å². The van der Waals surface area contributed by atoms with Gasteiger partial charge in [-0.15, -0.1) is 0 Å². The second kappa shape index (κ2) is 8.32. The number of halogens is 3. The van der Waals surface area contributed by atoms with E-state index in [2.05, 4.69) is 15.4 Å². The smallest absolute Gasteiger partial charge is 0.420 e. The number of esters is 1. The van der Waals surface area contributed by atoms with Crippen LogP contribution in [0.5, 0.6) is 0 Å². The molecule has 34 heavy (non-hydrogen) atoms. The van der Waals surface area contributed by atoms with Crippen molar-refractivity contribution < 1.29 is 31.9 Å². The second-order valence-corrected chi connectivity index (χ2v) is 7.84. The second-order valence-electron chi connectivity index (χ2n) is 7.84. The number of anilines is 1. The maximum Gasteiger partial charge on any atom is 0.420 e. The third-order valence-corrected chi connectivity index (χ3v) is 5.29. The number of furan rings is 1. The molecule has 1 saturated carbocycles. The third kappa shape index (κ3) is 4.36. The molecule has 1 N–H and O–H groups in total. The van der Waals surface area contributed by atoms with Crippen molar-refractivity contribution in [3.8, 4) is 5.82 Å². The maximum atomic E-state index is 13.3. The Morgan fingerprint density at radius 1 is 1.18 bits per heavy atom. The van der Waals surface area contributed by atoms with Crippen molar-refractivity contribution in [2.45, 2.75) is 19.0 Å². The van der Waals surface area contributed by atoms with Gasteiger partial charge >= 0.3 is 12.1 Å². The van der Waals surface area contributed by atoms with E-state index in [9.17, 15) is 22.8 Å². The first-order valence-electron chi connectivity index (χ1n) is 10.4. The summed E-state index contributed by atoms with van der Waals surface area (Å²) in [6, 6.07) is 9.35. The van der Waals surface area contributed by atoms with Crippen molar-refractivity contribution in [1.82, 2.24) is 14.8 Å². The molecule has 0 spiro atoms. The summed E-state index contributed by atoms with van der Waals surface area (Å²) in [6.45, 7) is 0.261. The largest absolute Gasteiger partial charge is 0.462 e. The van der Waals surface area contributed by atoms with E-state index >= 15 is 0 Å². The first-order valence-corrected chi connectivity index (χ1v) is 10.4. The van der Waals surface area contributed by atoms with Crippen molar-refractivity contribution in [1.29, 1.82) is 0 Å². The van der Waals surface area contributed by atoms with Crippen molar-refractivity contribution in [2.75, 3.05) is 11.9 Å². The first-order chi connectivity index (χ1) is 16.3. The molecule has 0 radical (unpaired) electrons. The molecule has 0 unspecified atom stereocenters.